The van der Waals surface area contributed by atoms with E-state index in [1.807, 2.05) is 30.9 Å². The van der Waals surface area contributed by atoms with Crippen LogP contribution in [0.15, 0.2) is 73.4 Å². The van der Waals surface area contributed by atoms with Crippen molar-refractivity contribution in [1.82, 2.24) is 14.5 Å². The molecule has 3 nitrogen and oxygen atoms in total. The summed E-state index contributed by atoms with van der Waals surface area (Å²) in [5.74, 6) is 0. The minimum Gasteiger partial charge on any atom is -0.367 e. The molecule has 0 saturated carbocycles. The summed E-state index contributed by atoms with van der Waals surface area (Å²) >= 11 is 0. The highest BCUT2D eigenvalue weighted by molar-refractivity contribution is 5.96. The van der Waals surface area contributed by atoms with E-state index in [1.54, 1.807) is 0 Å². The molecule has 0 saturated heterocycles. The molecule has 0 aliphatic heterocycles. The molecule has 3 heterocycles. The van der Waals surface area contributed by atoms with E-state index in [0.29, 0.717) is 0 Å². The van der Waals surface area contributed by atoms with Crippen LogP contribution in [0.25, 0.3) is 22.0 Å². The number of benzene rings is 1. The Kier molecular flexibility index (Phi) is 2.82. The molecular weight excluding hydrogens is 258 g/mol. The van der Waals surface area contributed by atoms with E-state index >= 15 is 0 Å². The number of aromatic amines is 1. The molecule has 3 heteroatoms. The maximum absolute atomic E-state index is 4.20. The van der Waals surface area contributed by atoms with Crippen molar-refractivity contribution in [3.8, 4) is 11.1 Å². The van der Waals surface area contributed by atoms with Gasteiger partial charge < -0.3 is 9.55 Å². The van der Waals surface area contributed by atoms with Gasteiger partial charge in [-0.3, -0.25) is 4.98 Å². The van der Waals surface area contributed by atoms with Gasteiger partial charge in [-0.15, -0.1) is 0 Å². The van der Waals surface area contributed by atoms with Crippen molar-refractivity contribution in [2.75, 3.05) is 0 Å². The lowest BCUT2D eigenvalue weighted by Gasteiger charge is -2.04. The Balaban J connectivity index is 1.86. The van der Waals surface area contributed by atoms with Gasteiger partial charge in [0.25, 0.3) is 0 Å². The number of nitrogens with zero attached hydrogens (tertiary/aromatic N) is 2. The summed E-state index contributed by atoms with van der Waals surface area (Å²) in [4.78, 5) is 7.33. The molecule has 0 fully saturated rings. The van der Waals surface area contributed by atoms with Crippen LogP contribution in [-0.4, -0.2) is 14.5 Å². The summed E-state index contributed by atoms with van der Waals surface area (Å²) < 4.78 is 2.29. The Morgan fingerprint density at radius 3 is 2.81 bits per heavy atom. The zero-order valence-corrected chi connectivity index (χ0v) is 11.5. The Bertz CT molecular complexity index is 858. The van der Waals surface area contributed by atoms with Crippen LogP contribution in [0.1, 0.15) is 5.56 Å². The molecule has 102 valence electrons. The van der Waals surface area contributed by atoms with Gasteiger partial charge in [-0.2, -0.15) is 0 Å². The summed E-state index contributed by atoms with van der Waals surface area (Å²) in [6.45, 7) is 0.832. The number of hydrogen-bond donors (Lipinski definition) is 1. The Morgan fingerprint density at radius 1 is 1.05 bits per heavy atom. The first kappa shape index (κ1) is 12.0. The number of rotatable bonds is 3. The summed E-state index contributed by atoms with van der Waals surface area (Å²) in [7, 11) is 0. The van der Waals surface area contributed by atoms with Crippen molar-refractivity contribution < 1.29 is 0 Å². The van der Waals surface area contributed by atoms with Crippen LogP contribution in [0, 0.1) is 0 Å². The number of para-hydroxylation sites is 1. The normalized spacial score (nSPS) is 11.0. The summed E-state index contributed by atoms with van der Waals surface area (Å²) in [6, 6.07) is 14.7. The van der Waals surface area contributed by atoms with Gasteiger partial charge in [0.15, 0.2) is 0 Å². The lowest BCUT2D eigenvalue weighted by atomic mass is 10.1. The third kappa shape index (κ3) is 2.13. The van der Waals surface area contributed by atoms with Crippen LogP contribution in [0.2, 0.25) is 0 Å². The van der Waals surface area contributed by atoms with Crippen molar-refractivity contribution in [2.45, 2.75) is 6.54 Å². The fraction of sp³-hybridized carbons (Fsp3) is 0.0556. The van der Waals surface area contributed by atoms with E-state index < -0.39 is 0 Å². The number of hydrogen-bond acceptors (Lipinski definition) is 1. The zero-order valence-electron chi connectivity index (χ0n) is 11.5. The number of pyridine rings is 1. The highest BCUT2D eigenvalue weighted by Crippen LogP contribution is 2.30. The van der Waals surface area contributed by atoms with E-state index in [-0.39, 0.29) is 0 Å². The largest absolute Gasteiger partial charge is 0.367 e. The summed E-state index contributed by atoms with van der Waals surface area (Å²) in [6.07, 6.45) is 9.95. The molecule has 1 N–H and O–H groups in total. The standard InChI is InChI=1S/C18H15N3/c1-2-6-18-16(5-1)17(15-7-9-20-11-15)13-21(18)12-14-4-3-8-19-10-14/h1-11,13,20H,12H2. The summed E-state index contributed by atoms with van der Waals surface area (Å²) in [5.41, 5.74) is 4.93. The number of aromatic nitrogens is 3. The van der Waals surface area contributed by atoms with Gasteiger partial charge in [-0.1, -0.05) is 24.3 Å². The maximum Gasteiger partial charge on any atom is 0.0491 e. The second-order valence-electron chi connectivity index (χ2n) is 5.15. The highest BCUT2D eigenvalue weighted by atomic mass is 15.0. The van der Waals surface area contributed by atoms with E-state index in [2.05, 4.69) is 57.1 Å². The molecular formula is C18H15N3. The molecule has 4 aromatic rings. The molecule has 4 rings (SSSR count). The predicted octanol–water partition coefficient (Wildman–Crippen LogP) is 4.08. The molecule has 0 spiro atoms. The Hall–Kier alpha value is -2.81. The van der Waals surface area contributed by atoms with Crippen LogP contribution in [0.3, 0.4) is 0 Å². The van der Waals surface area contributed by atoms with Gasteiger partial charge in [-0.25, -0.2) is 0 Å². The smallest absolute Gasteiger partial charge is 0.0491 e. The van der Waals surface area contributed by atoms with Crippen molar-refractivity contribution in [1.29, 1.82) is 0 Å². The van der Waals surface area contributed by atoms with Gasteiger partial charge in [0.05, 0.1) is 0 Å². The first-order valence-corrected chi connectivity index (χ1v) is 7.02. The van der Waals surface area contributed by atoms with E-state index in [4.69, 9.17) is 0 Å². The average molecular weight is 273 g/mol. The molecule has 0 amide bonds. The van der Waals surface area contributed by atoms with Crippen LogP contribution in [0.4, 0.5) is 0 Å². The third-order valence-corrected chi connectivity index (χ3v) is 3.77. The summed E-state index contributed by atoms with van der Waals surface area (Å²) in [5, 5.41) is 1.28. The van der Waals surface area contributed by atoms with Crippen LogP contribution < -0.4 is 0 Å². The third-order valence-electron chi connectivity index (χ3n) is 3.77. The van der Waals surface area contributed by atoms with Crippen LogP contribution in [0.5, 0.6) is 0 Å². The molecule has 0 aliphatic rings. The average Bonchev–Trinajstić information content (AvgIpc) is 3.17. The maximum atomic E-state index is 4.20. The zero-order chi connectivity index (χ0) is 14.1. The van der Waals surface area contributed by atoms with Crippen molar-refractivity contribution in [2.24, 2.45) is 0 Å². The number of nitrogens with one attached hydrogen (secondary N) is 1. The van der Waals surface area contributed by atoms with Gasteiger partial charge in [0, 0.05) is 59.6 Å². The van der Waals surface area contributed by atoms with E-state index in [9.17, 15) is 0 Å². The molecule has 0 radical (unpaired) electrons. The van der Waals surface area contributed by atoms with Crippen molar-refractivity contribution >= 4 is 10.9 Å². The number of H-pyrrole nitrogens is 1. The minimum atomic E-state index is 0.832. The molecule has 3 aromatic heterocycles. The monoisotopic (exact) mass is 273 g/mol. The lowest BCUT2D eigenvalue weighted by Crippen LogP contribution is -1.97. The van der Waals surface area contributed by atoms with Gasteiger partial charge in [-0.05, 0) is 23.8 Å². The quantitative estimate of drug-likeness (QED) is 0.599. The van der Waals surface area contributed by atoms with Crippen molar-refractivity contribution in [3.63, 3.8) is 0 Å². The molecule has 0 unspecified atom stereocenters. The molecule has 1 aromatic carbocycles. The Morgan fingerprint density at radius 2 is 2.00 bits per heavy atom. The molecule has 0 atom stereocenters. The van der Waals surface area contributed by atoms with Crippen molar-refractivity contribution in [3.05, 3.63) is 79.0 Å². The van der Waals surface area contributed by atoms with Gasteiger partial charge >= 0.3 is 0 Å². The fourth-order valence-electron chi connectivity index (χ4n) is 2.79. The van der Waals surface area contributed by atoms with E-state index in [1.165, 1.54) is 27.6 Å². The minimum absolute atomic E-state index is 0.832. The highest BCUT2D eigenvalue weighted by Gasteiger charge is 2.10. The predicted molar refractivity (Wildman–Crippen MR) is 85.1 cm³/mol. The second-order valence-corrected chi connectivity index (χ2v) is 5.15. The number of fused-ring (bicyclic) bond motifs is 1. The molecule has 0 bridgehead atoms. The first-order chi connectivity index (χ1) is 10.4. The van der Waals surface area contributed by atoms with Crippen LogP contribution >= 0.6 is 0 Å². The second kappa shape index (κ2) is 4.94. The Labute approximate surface area is 122 Å². The topological polar surface area (TPSA) is 33.6 Å². The molecule has 0 aliphatic carbocycles. The van der Waals surface area contributed by atoms with E-state index in [0.717, 1.165) is 6.54 Å². The fourth-order valence-corrected chi connectivity index (χ4v) is 2.79. The lowest BCUT2D eigenvalue weighted by molar-refractivity contribution is 0.832. The first-order valence-electron chi connectivity index (χ1n) is 7.02. The molecule has 21 heavy (non-hydrogen) atoms. The van der Waals surface area contributed by atoms with Gasteiger partial charge in [0.2, 0.25) is 0 Å². The SMILES string of the molecule is c1cncc(Cn2cc(-c3cc[nH]c3)c3ccccc32)c1. The van der Waals surface area contributed by atoms with Gasteiger partial charge in [0.1, 0.15) is 0 Å². The van der Waals surface area contributed by atoms with Crippen LogP contribution in [-0.2, 0) is 6.54 Å².